The van der Waals surface area contributed by atoms with Gasteiger partial charge >= 0.3 is 0 Å². The molecule has 28 heavy (non-hydrogen) atoms. The van der Waals surface area contributed by atoms with Crippen LogP contribution >= 0.6 is 11.3 Å². The highest BCUT2D eigenvalue weighted by Crippen LogP contribution is 2.20. The molecule has 0 saturated carbocycles. The molecule has 0 aliphatic carbocycles. The van der Waals surface area contributed by atoms with Crippen LogP contribution in [0.3, 0.4) is 0 Å². The van der Waals surface area contributed by atoms with Crippen LogP contribution in [-0.4, -0.2) is 51.4 Å². The van der Waals surface area contributed by atoms with Gasteiger partial charge in [-0.3, -0.25) is 4.79 Å². The molecule has 0 spiro atoms. The van der Waals surface area contributed by atoms with Crippen molar-refractivity contribution in [2.24, 2.45) is 0 Å². The van der Waals surface area contributed by atoms with Crippen LogP contribution in [0, 0.1) is 13.8 Å². The van der Waals surface area contributed by atoms with E-state index in [1.165, 1.54) is 26.8 Å². The molecule has 0 bridgehead atoms. The number of quaternary nitrogens is 1. The standard InChI is InChI=1S/C20H27N3O3S2/c1-15-6-7-18(13-16(15)2)17(3)21-19(24)14-22-8-10-23(11-9-22)28(25,26)20-5-4-12-27-20/h4-7,12-13,17H,8-11,14H2,1-3H3,(H,21,24)/p+1/t17-/m0/s1. The zero-order valence-corrected chi connectivity index (χ0v) is 18.2. The summed E-state index contributed by atoms with van der Waals surface area (Å²) in [5.74, 6) is -0.00436. The summed E-state index contributed by atoms with van der Waals surface area (Å²) >= 11 is 1.24. The van der Waals surface area contributed by atoms with Crippen LogP contribution in [0.5, 0.6) is 0 Å². The van der Waals surface area contributed by atoms with Gasteiger partial charge in [0.15, 0.2) is 6.54 Å². The van der Waals surface area contributed by atoms with Crippen molar-refractivity contribution in [1.82, 2.24) is 9.62 Å². The Balaban J connectivity index is 1.50. The van der Waals surface area contributed by atoms with Crippen molar-refractivity contribution in [3.05, 3.63) is 52.4 Å². The van der Waals surface area contributed by atoms with Gasteiger partial charge in [-0.2, -0.15) is 4.31 Å². The van der Waals surface area contributed by atoms with Crippen molar-refractivity contribution in [3.63, 3.8) is 0 Å². The number of sulfonamides is 1. The van der Waals surface area contributed by atoms with E-state index in [0.29, 0.717) is 36.9 Å². The van der Waals surface area contributed by atoms with Gasteiger partial charge in [-0.25, -0.2) is 8.42 Å². The number of nitrogens with one attached hydrogen (secondary N) is 2. The average Bonchev–Trinajstić information content (AvgIpc) is 3.20. The van der Waals surface area contributed by atoms with Gasteiger partial charge in [0.25, 0.3) is 15.9 Å². The van der Waals surface area contributed by atoms with Crippen molar-refractivity contribution >= 4 is 27.3 Å². The molecule has 1 aromatic carbocycles. The number of amides is 1. The third-order valence-corrected chi connectivity index (χ3v) is 8.61. The van der Waals surface area contributed by atoms with Crippen LogP contribution in [0.15, 0.2) is 39.9 Å². The molecule has 8 heteroatoms. The molecule has 1 atom stereocenters. The van der Waals surface area contributed by atoms with Gasteiger partial charge in [0.1, 0.15) is 4.21 Å². The van der Waals surface area contributed by atoms with Crippen LogP contribution in [0.4, 0.5) is 0 Å². The summed E-state index contributed by atoms with van der Waals surface area (Å²) < 4.78 is 27.1. The predicted molar refractivity (Wildman–Crippen MR) is 111 cm³/mol. The fourth-order valence-electron chi connectivity index (χ4n) is 3.39. The van der Waals surface area contributed by atoms with Gasteiger partial charge in [0.2, 0.25) is 0 Å². The lowest BCUT2D eigenvalue weighted by Crippen LogP contribution is -3.15. The number of carbonyl (C=O) groups excluding carboxylic acids is 1. The van der Waals surface area contributed by atoms with Crippen LogP contribution in [0.25, 0.3) is 0 Å². The summed E-state index contributed by atoms with van der Waals surface area (Å²) in [6.07, 6.45) is 0. The van der Waals surface area contributed by atoms with Crippen LogP contribution in [0.2, 0.25) is 0 Å². The molecule has 1 fully saturated rings. The summed E-state index contributed by atoms with van der Waals surface area (Å²) in [5.41, 5.74) is 3.55. The van der Waals surface area contributed by atoms with Crippen molar-refractivity contribution in [2.75, 3.05) is 32.7 Å². The summed E-state index contributed by atoms with van der Waals surface area (Å²) in [4.78, 5) is 13.6. The van der Waals surface area contributed by atoms with Crippen LogP contribution < -0.4 is 10.2 Å². The van der Waals surface area contributed by atoms with E-state index in [9.17, 15) is 13.2 Å². The van der Waals surface area contributed by atoms with E-state index in [-0.39, 0.29) is 11.9 Å². The van der Waals surface area contributed by atoms with Gasteiger partial charge in [-0.1, -0.05) is 24.3 Å². The molecule has 2 heterocycles. The van der Waals surface area contributed by atoms with Crippen molar-refractivity contribution < 1.29 is 18.1 Å². The SMILES string of the molecule is Cc1ccc([C@H](C)NC(=O)C[NH+]2CCN(S(=O)(=O)c3cccs3)CC2)cc1C. The largest absolute Gasteiger partial charge is 0.345 e. The topological polar surface area (TPSA) is 70.9 Å². The minimum atomic E-state index is -3.40. The maximum absolute atomic E-state index is 12.6. The highest BCUT2D eigenvalue weighted by atomic mass is 32.2. The smallest absolute Gasteiger partial charge is 0.275 e. The molecule has 3 rings (SSSR count). The molecule has 1 aromatic heterocycles. The molecular formula is C20H28N3O3S2+. The van der Waals surface area contributed by atoms with Gasteiger partial charge < -0.3 is 10.2 Å². The highest BCUT2D eigenvalue weighted by molar-refractivity contribution is 7.91. The molecule has 2 N–H and O–H groups in total. The second-order valence-corrected chi connectivity index (χ2v) is 10.5. The number of rotatable bonds is 6. The van der Waals surface area contributed by atoms with Crippen molar-refractivity contribution in [3.8, 4) is 0 Å². The molecule has 1 saturated heterocycles. The Morgan fingerprint density at radius 1 is 1.21 bits per heavy atom. The minimum Gasteiger partial charge on any atom is -0.345 e. The quantitative estimate of drug-likeness (QED) is 0.733. The van der Waals surface area contributed by atoms with Gasteiger partial charge in [0.05, 0.1) is 32.2 Å². The zero-order chi connectivity index (χ0) is 20.3. The third kappa shape index (κ3) is 4.81. The lowest BCUT2D eigenvalue weighted by atomic mass is 10.0. The second kappa shape index (κ2) is 8.73. The van der Waals surface area contributed by atoms with E-state index in [0.717, 1.165) is 10.5 Å². The first-order chi connectivity index (χ1) is 13.3. The minimum absolute atomic E-state index is 0.00436. The Kier molecular flexibility index (Phi) is 6.54. The monoisotopic (exact) mass is 422 g/mol. The van der Waals surface area contributed by atoms with E-state index in [2.05, 4.69) is 31.3 Å². The average molecular weight is 423 g/mol. The molecular weight excluding hydrogens is 394 g/mol. The first-order valence-corrected chi connectivity index (χ1v) is 11.8. The van der Waals surface area contributed by atoms with E-state index in [4.69, 9.17) is 0 Å². The molecule has 1 aliphatic heterocycles. The number of hydrogen-bond acceptors (Lipinski definition) is 4. The molecule has 1 amide bonds. The lowest BCUT2D eigenvalue weighted by molar-refractivity contribution is -0.895. The van der Waals surface area contributed by atoms with E-state index >= 15 is 0 Å². The second-order valence-electron chi connectivity index (χ2n) is 7.40. The number of piperazine rings is 1. The number of thiophene rings is 1. The number of benzene rings is 1. The fraction of sp³-hybridized carbons (Fsp3) is 0.450. The maximum Gasteiger partial charge on any atom is 0.275 e. The summed E-state index contributed by atoms with van der Waals surface area (Å²) in [6.45, 7) is 8.65. The van der Waals surface area contributed by atoms with Gasteiger partial charge in [-0.15, -0.1) is 11.3 Å². The Morgan fingerprint density at radius 3 is 2.54 bits per heavy atom. The predicted octanol–water partition coefficient (Wildman–Crippen LogP) is 1.13. The van der Waals surface area contributed by atoms with Crippen molar-refractivity contribution in [2.45, 2.75) is 31.0 Å². The van der Waals surface area contributed by atoms with E-state index < -0.39 is 10.0 Å². The number of carbonyl (C=O) groups is 1. The van der Waals surface area contributed by atoms with Gasteiger partial charge in [0, 0.05) is 0 Å². The zero-order valence-electron chi connectivity index (χ0n) is 16.6. The Bertz CT molecular complexity index is 918. The van der Waals surface area contributed by atoms with Crippen molar-refractivity contribution in [1.29, 1.82) is 0 Å². The molecule has 0 radical (unpaired) electrons. The molecule has 6 nitrogen and oxygen atoms in total. The summed E-state index contributed by atoms with van der Waals surface area (Å²) in [5, 5.41) is 4.84. The number of nitrogens with zero attached hydrogens (tertiary/aromatic N) is 1. The maximum atomic E-state index is 12.6. The third-order valence-electron chi connectivity index (χ3n) is 5.34. The first-order valence-electron chi connectivity index (χ1n) is 9.51. The fourth-order valence-corrected chi connectivity index (χ4v) is 5.98. The number of aryl methyl sites for hydroxylation is 2. The molecule has 2 aromatic rings. The molecule has 0 unspecified atom stereocenters. The number of hydrogen-bond donors (Lipinski definition) is 2. The molecule has 152 valence electrons. The van der Waals surface area contributed by atoms with E-state index in [1.54, 1.807) is 17.5 Å². The summed E-state index contributed by atoms with van der Waals surface area (Å²) in [6, 6.07) is 9.58. The van der Waals surface area contributed by atoms with E-state index in [1.807, 2.05) is 13.0 Å². The summed E-state index contributed by atoms with van der Waals surface area (Å²) in [7, 11) is -3.40. The lowest BCUT2D eigenvalue weighted by Gasteiger charge is -2.31. The van der Waals surface area contributed by atoms with Crippen LogP contribution in [-0.2, 0) is 14.8 Å². The molecule has 1 aliphatic rings. The Morgan fingerprint density at radius 2 is 1.93 bits per heavy atom. The Hall–Kier alpha value is -1.74. The Labute approximate surface area is 171 Å². The normalized spacial score (nSPS) is 17.4. The highest BCUT2D eigenvalue weighted by Gasteiger charge is 2.31. The van der Waals surface area contributed by atoms with Gasteiger partial charge in [-0.05, 0) is 48.9 Å². The first kappa shape index (κ1) is 21.0. The van der Waals surface area contributed by atoms with Crippen LogP contribution in [0.1, 0.15) is 29.7 Å².